The van der Waals surface area contributed by atoms with Crippen molar-refractivity contribution in [2.45, 2.75) is 52.0 Å². The second-order valence-electron chi connectivity index (χ2n) is 8.79. The SMILES string of the molecule is CCCC(C)(NC(=O)c1oc2ccccc2c1C)C(=O)Nc1cccc(N2CCCC2)c1. The minimum absolute atomic E-state index is 0.236. The molecule has 1 unspecified atom stereocenters. The molecule has 1 aromatic heterocycles. The molecule has 1 fully saturated rings. The normalized spacial score (nSPS) is 15.5. The fourth-order valence-electron chi connectivity index (χ4n) is 4.46. The van der Waals surface area contributed by atoms with Crippen LogP contribution in [-0.2, 0) is 4.79 Å². The van der Waals surface area contributed by atoms with Crippen LogP contribution in [-0.4, -0.2) is 30.4 Å². The zero-order valence-electron chi connectivity index (χ0n) is 19.0. The van der Waals surface area contributed by atoms with Crippen LogP contribution < -0.4 is 15.5 Å². The first kappa shape index (κ1) is 21.9. The first-order chi connectivity index (χ1) is 15.4. The predicted molar refractivity (Wildman–Crippen MR) is 128 cm³/mol. The quantitative estimate of drug-likeness (QED) is 0.532. The van der Waals surface area contributed by atoms with Gasteiger partial charge in [-0.25, -0.2) is 0 Å². The van der Waals surface area contributed by atoms with Crippen molar-refractivity contribution in [2.24, 2.45) is 0 Å². The van der Waals surface area contributed by atoms with Gasteiger partial charge in [0.15, 0.2) is 5.76 Å². The maximum absolute atomic E-state index is 13.3. The fourth-order valence-corrected chi connectivity index (χ4v) is 4.46. The average molecular weight is 434 g/mol. The summed E-state index contributed by atoms with van der Waals surface area (Å²) in [5, 5.41) is 6.87. The third-order valence-corrected chi connectivity index (χ3v) is 6.27. The van der Waals surface area contributed by atoms with Gasteiger partial charge in [0.25, 0.3) is 5.91 Å². The summed E-state index contributed by atoms with van der Waals surface area (Å²) in [6.07, 6.45) is 3.64. The van der Waals surface area contributed by atoms with Crippen LogP contribution in [0.4, 0.5) is 11.4 Å². The van der Waals surface area contributed by atoms with Crippen LogP contribution in [0, 0.1) is 6.92 Å². The maximum Gasteiger partial charge on any atom is 0.288 e. The standard InChI is InChI=1S/C26H31N3O3/c1-4-14-26(3,28-24(30)23-18(2)21-12-5-6-13-22(21)32-23)25(31)27-19-10-9-11-20(17-19)29-15-7-8-16-29/h5-6,9-13,17H,4,7-8,14-16H2,1-3H3,(H,27,31)(H,28,30). The highest BCUT2D eigenvalue weighted by Crippen LogP contribution is 2.27. The number of hydrogen-bond acceptors (Lipinski definition) is 4. The lowest BCUT2D eigenvalue weighted by atomic mass is 9.94. The van der Waals surface area contributed by atoms with Gasteiger partial charge in [-0.15, -0.1) is 0 Å². The van der Waals surface area contributed by atoms with Crippen LogP contribution in [0.5, 0.6) is 0 Å². The van der Waals surface area contributed by atoms with Crippen LogP contribution >= 0.6 is 0 Å². The van der Waals surface area contributed by atoms with Gasteiger partial charge in [-0.3, -0.25) is 9.59 Å². The van der Waals surface area contributed by atoms with Crippen LogP contribution in [0.1, 0.15) is 55.6 Å². The molecule has 0 aliphatic carbocycles. The lowest BCUT2D eigenvalue weighted by molar-refractivity contribution is -0.121. The van der Waals surface area contributed by atoms with Gasteiger partial charge in [-0.2, -0.15) is 0 Å². The molecular formula is C26H31N3O3. The van der Waals surface area contributed by atoms with Crippen LogP contribution in [0.3, 0.4) is 0 Å². The lowest BCUT2D eigenvalue weighted by Crippen LogP contribution is -2.54. The molecule has 0 spiro atoms. The highest BCUT2D eigenvalue weighted by atomic mass is 16.3. The van der Waals surface area contributed by atoms with Crippen molar-refractivity contribution in [3.05, 3.63) is 59.9 Å². The number of nitrogens with zero attached hydrogens (tertiary/aromatic N) is 1. The van der Waals surface area contributed by atoms with Gasteiger partial charge >= 0.3 is 0 Å². The summed E-state index contributed by atoms with van der Waals surface area (Å²) in [7, 11) is 0. The summed E-state index contributed by atoms with van der Waals surface area (Å²) in [6.45, 7) is 7.71. The summed E-state index contributed by atoms with van der Waals surface area (Å²) in [5.74, 6) is -0.368. The number of fused-ring (bicyclic) bond motifs is 1. The molecule has 2 N–H and O–H groups in total. The first-order valence-corrected chi connectivity index (χ1v) is 11.4. The minimum Gasteiger partial charge on any atom is -0.451 e. The summed E-state index contributed by atoms with van der Waals surface area (Å²) >= 11 is 0. The molecule has 1 aliphatic heterocycles. The number of benzene rings is 2. The van der Waals surface area contributed by atoms with E-state index < -0.39 is 5.54 Å². The van der Waals surface area contributed by atoms with E-state index in [2.05, 4.69) is 21.6 Å². The molecule has 0 saturated carbocycles. The molecule has 2 heterocycles. The van der Waals surface area contributed by atoms with E-state index in [0.717, 1.165) is 41.8 Å². The average Bonchev–Trinajstić information content (AvgIpc) is 3.43. The van der Waals surface area contributed by atoms with Gasteiger partial charge in [0.05, 0.1) is 0 Å². The molecule has 168 valence electrons. The Kier molecular flexibility index (Phi) is 6.21. The van der Waals surface area contributed by atoms with E-state index in [4.69, 9.17) is 4.42 Å². The highest BCUT2D eigenvalue weighted by Gasteiger charge is 2.36. The van der Waals surface area contributed by atoms with Crippen molar-refractivity contribution in [3.63, 3.8) is 0 Å². The second-order valence-corrected chi connectivity index (χ2v) is 8.79. The molecule has 2 amide bonds. The first-order valence-electron chi connectivity index (χ1n) is 11.4. The van der Waals surface area contributed by atoms with Crippen molar-refractivity contribution >= 4 is 34.2 Å². The second kappa shape index (κ2) is 9.07. The number of amides is 2. The number of aryl methyl sites for hydroxylation is 1. The number of nitrogens with one attached hydrogen (secondary N) is 2. The van der Waals surface area contributed by atoms with Gasteiger partial charge in [0.1, 0.15) is 11.1 Å². The van der Waals surface area contributed by atoms with Crippen molar-refractivity contribution in [1.82, 2.24) is 5.32 Å². The summed E-state index contributed by atoms with van der Waals surface area (Å²) in [6, 6.07) is 15.5. The third kappa shape index (κ3) is 4.35. The van der Waals surface area contributed by atoms with E-state index in [1.165, 1.54) is 12.8 Å². The smallest absolute Gasteiger partial charge is 0.288 e. The molecule has 6 nitrogen and oxygen atoms in total. The van der Waals surface area contributed by atoms with Crippen LogP contribution in [0.15, 0.2) is 52.9 Å². The van der Waals surface area contributed by atoms with Crippen LogP contribution in [0.2, 0.25) is 0 Å². The summed E-state index contributed by atoms with van der Waals surface area (Å²) < 4.78 is 5.81. The van der Waals surface area contributed by atoms with Crippen molar-refractivity contribution < 1.29 is 14.0 Å². The monoisotopic (exact) mass is 433 g/mol. The number of rotatable bonds is 7. The van der Waals surface area contributed by atoms with E-state index in [0.29, 0.717) is 12.0 Å². The number of anilines is 2. The largest absolute Gasteiger partial charge is 0.451 e. The molecule has 0 bridgehead atoms. The summed E-state index contributed by atoms with van der Waals surface area (Å²) in [5.41, 5.74) is 2.21. The molecule has 1 saturated heterocycles. The number of furan rings is 1. The van der Waals surface area contributed by atoms with E-state index >= 15 is 0 Å². The molecular weight excluding hydrogens is 402 g/mol. The summed E-state index contributed by atoms with van der Waals surface area (Å²) in [4.78, 5) is 28.8. The maximum atomic E-state index is 13.3. The van der Waals surface area contributed by atoms with Crippen LogP contribution in [0.25, 0.3) is 11.0 Å². The van der Waals surface area contributed by atoms with Gasteiger partial charge in [0, 0.05) is 35.4 Å². The number of para-hydroxylation sites is 1. The van der Waals surface area contributed by atoms with Gasteiger partial charge in [-0.1, -0.05) is 37.6 Å². The van der Waals surface area contributed by atoms with Crippen molar-refractivity contribution in [2.75, 3.05) is 23.3 Å². The number of carbonyl (C=O) groups excluding carboxylic acids is 2. The molecule has 6 heteroatoms. The predicted octanol–water partition coefficient (Wildman–Crippen LogP) is 5.27. The Hall–Kier alpha value is -3.28. The molecule has 2 aromatic carbocycles. The molecule has 1 aliphatic rings. The minimum atomic E-state index is -1.07. The van der Waals surface area contributed by atoms with Gasteiger partial charge in [0.2, 0.25) is 5.91 Å². The Morgan fingerprint density at radius 3 is 2.56 bits per heavy atom. The molecule has 4 rings (SSSR count). The lowest BCUT2D eigenvalue weighted by Gasteiger charge is -2.29. The Morgan fingerprint density at radius 1 is 1.09 bits per heavy atom. The van der Waals surface area contributed by atoms with E-state index in [9.17, 15) is 9.59 Å². The molecule has 3 aromatic rings. The zero-order valence-corrected chi connectivity index (χ0v) is 19.0. The zero-order chi connectivity index (χ0) is 22.7. The van der Waals surface area contributed by atoms with Gasteiger partial charge < -0.3 is 20.0 Å². The topological polar surface area (TPSA) is 74.6 Å². The Morgan fingerprint density at radius 2 is 1.84 bits per heavy atom. The molecule has 0 radical (unpaired) electrons. The van der Waals surface area contributed by atoms with E-state index in [1.54, 1.807) is 6.92 Å². The van der Waals surface area contributed by atoms with E-state index in [-0.39, 0.29) is 17.6 Å². The fraction of sp³-hybridized carbons (Fsp3) is 0.385. The Labute approximate surface area is 189 Å². The Bertz CT molecular complexity index is 1130. The number of hydrogen-bond donors (Lipinski definition) is 2. The molecule has 1 atom stereocenters. The molecule has 32 heavy (non-hydrogen) atoms. The van der Waals surface area contributed by atoms with Gasteiger partial charge in [-0.05, 0) is 57.4 Å². The number of carbonyl (C=O) groups is 2. The third-order valence-electron chi connectivity index (χ3n) is 6.27. The van der Waals surface area contributed by atoms with Crippen molar-refractivity contribution in [3.8, 4) is 0 Å². The highest BCUT2D eigenvalue weighted by molar-refractivity contribution is 6.05. The Balaban J connectivity index is 1.53. The van der Waals surface area contributed by atoms with Crippen molar-refractivity contribution in [1.29, 1.82) is 0 Å². The van der Waals surface area contributed by atoms with E-state index in [1.807, 2.05) is 56.3 Å².